The fourth-order valence-electron chi connectivity index (χ4n) is 5.01. The maximum Gasteiger partial charge on any atom is 0.0893 e. The summed E-state index contributed by atoms with van der Waals surface area (Å²) in [6, 6.07) is 16.7. The summed E-state index contributed by atoms with van der Waals surface area (Å²) in [4.78, 5) is 13.5. The van der Waals surface area contributed by atoms with Gasteiger partial charge in [-0.15, -0.1) is 0 Å². The molecule has 2 aliphatic rings. The van der Waals surface area contributed by atoms with Crippen molar-refractivity contribution in [2.24, 2.45) is 0 Å². The highest BCUT2D eigenvalue weighted by atomic mass is 32.2. The number of nitrogens with one attached hydrogen (secondary N) is 1. The maximum absolute atomic E-state index is 13.2. The first-order chi connectivity index (χ1) is 17.1. The molecular weight excluding hydrogens is 454 g/mol. The van der Waals surface area contributed by atoms with E-state index in [1.54, 1.807) is 6.20 Å². The lowest BCUT2D eigenvalue weighted by atomic mass is 10.1. The van der Waals surface area contributed by atoms with Gasteiger partial charge in [-0.3, -0.25) is 14.8 Å². The Morgan fingerprint density at radius 3 is 2.51 bits per heavy atom. The highest BCUT2D eigenvalue weighted by molar-refractivity contribution is 7.85. The van der Waals surface area contributed by atoms with E-state index in [9.17, 15) is 4.21 Å². The zero-order valence-corrected chi connectivity index (χ0v) is 21.6. The molecule has 0 aliphatic carbocycles. The zero-order chi connectivity index (χ0) is 24.2. The lowest BCUT2D eigenvalue weighted by Crippen LogP contribution is -2.48. The van der Waals surface area contributed by atoms with Crippen LogP contribution >= 0.6 is 0 Å². The van der Waals surface area contributed by atoms with Gasteiger partial charge in [-0.25, -0.2) is 4.21 Å². The Kier molecular flexibility index (Phi) is 7.58. The molecule has 0 bridgehead atoms. The van der Waals surface area contributed by atoms with Crippen molar-refractivity contribution in [3.05, 3.63) is 77.6 Å². The van der Waals surface area contributed by atoms with Crippen LogP contribution < -0.4 is 10.2 Å². The quantitative estimate of drug-likeness (QED) is 0.482. The van der Waals surface area contributed by atoms with E-state index in [4.69, 9.17) is 0 Å². The van der Waals surface area contributed by atoms with Crippen molar-refractivity contribution in [2.45, 2.75) is 36.6 Å². The summed E-state index contributed by atoms with van der Waals surface area (Å²) >= 11 is 0. The lowest BCUT2D eigenvalue weighted by molar-refractivity contribution is 0.120. The Labute approximate surface area is 211 Å². The molecule has 1 atom stereocenters. The number of piperazine rings is 1. The summed E-state index contributed by atoms with van der Waals surface area (Å²) in [6.07, 6.45) is 4.60. The van der Waals surface area contributed by atoms with Crippen LogP contribution in [0, 0.1) is 13.8 Å². The number of aryl methyl sites for hydroxylation is 1. The second kappa shape index (κ2) is 11.0. The molecular formula is C28H35N5OS. The third-order valence-corrected chi connectivity index (χ3v) is 8.64. The van der Waals surface area contributed by atoms with Gasteiger partial charge in [0.25, 0.3) is 0 Å². The van der Waals surface area contributed by atoms with Gasteiger partial charge in [0.2, 0.25) is 0 Å². The van der Waals surface area contributed by atoms with Crippen LogP contribution in [0.1, 0.15) is 23.1 Å². The molecule has 0 radical (unpaired) electrons. The van der Waals surface area contributed by atoms with Gasteiger partial charge in [0.1, 0.15) is 0 Å². The lowest BCUT2D eigenvalue weighted by Gasteiger charge is -2.35. The largest absolute Gasteiger partial charge is 0.338 e. The molecule has 0 spiro atoms. The molecule has 1 unspecified atom stereocenters. The Hall–Kier alpha value is -2.58. The topological polar surface area (TPSA) is 51.7 Å². The molecule has 2 aromatic carbocycles. The standard InChI is InChI=1S/C28H35N5OS/c1-22-9-10-27-28(23(22)2)33(25-19-29-13-11-26(25)35(27)34)14-6-12-30-21-32-17-15-31(16-18-32)20-24-7-4-3-5-8-24/h3-5,7-11,13,19,30H,6,12,14-18,20-21H2,1-2H3. The van der Waals surface area contributed by atoms with Crippen LogP contribution in [-0.2, 0) is 17.3 Å². The molecule has 5 rings (SSSR count). The average molecular weight is 490 g/mol. The second-order valence-corrected chi connectivity index (χ2v) is 10.9. The molecule has 6 nitrogen and oxygen atoms in total. The van der Waals surface area contributed by atoms with E-state index in [1.807, 2.05) is 18.3 Å². The molecule has 3 aromatic rings. The van der Waals surface area contributed by atoms with Crippen molar-refractivity contribution in [3.63, 3.8) is 0 Å². The third kappa shape index (κ3) is 5.33. The molecule has 3 heterocycles. The van der Waals surface area contributed by atoms with Gasteiger partial charge in [-0.1, -0.05) is 36.4 Å². The minimum atomic E-state index is -1.17. The van der Waals surface area contributed by atoms with Gasteiger partial charge >= 0.3 is 0 Å². The number of pyridine rings is 1. The van der Waals surface area contributed by atoms with Crippen LogP contribution in [0.5, 0.6) is 0 Å². The highest BCUT2D eigenvalue weighted by Gasteiger charge is 2.29. The number of nitrogens with zero attached hydrogens (tertiary/aromatic N) is 4. The smallest absolute Gasteiger partial charge is 0.0893 e. The molecule has 2 aliphatic heterocycles. The van der Waals surface area contributed by atoms with Crippen LogP contribution in [0.2, 0.25) is 0 Å². The van der Waals surface area contributed by atoms with Crippen molar-refractivity contribution in [1.29, 1.82) is 0 Å². The van der Waals surface area contributed by atoms with Gasteiger partial charge in [-0.05, 0) is 55.6 Å². The van der Waals surface area contributed by atoms with Crippen LogP contribution in [0.25, 0.3) is 0 Å². The number of aromatic nitrogens is 1. The molecule has 1 N–H and O–H groups in total. The minimum Gasteiger partial charge on any atom is -0.338 e. The van der Waals surface area contributed by atoms with E-state index >= 15 is 0 Å². The summed E-state index contributed by atoms with van der Waals surface area (Å²) in [5.41, 5.74) is 5.89. The summed E-state index contributed by atoms with van der Waals surface area (Å²) < 4.78 is 13.2. The molecule has 0 amide bonds. The predicted molar refractivity (Wildman–Crippen MR) is 143 cm³/mol. The number of anilines is 2. The Bertz CT molecular complexity index is 1180. The number of fused-ring (bicyclic) bond motifs is 2. The van der Waals surface area contributed by atoms with Crippen LogP contribution in [-0.4, -0.2) is 64.9 Å². The van der Waals surface area contributed by atoms with Crippen molar-refractivity contribution >= 4 is 22.2 Å². The van der Waals surface area contributed by atoms with E-state index in [0.717, 1.165) is 80.1 Å². The molecule has 1 saturated heterocycles. The van der Waals surface area contributed by atoms with E-state index < -0.39 is 10.8 Å². The number of hydrogen-bond acceptors (Lipinski definition) is 6. The summed E-state index contributed by atoms with van der Waals surface area (Å²) in [7, 11) is -1.17. The monoisotopic (exact) mass is 489 g/mol. The molecule has 1 fully saturated rings. The average Bonchev–Trinajstić information content (AvgIpc) is 2.89. The fourth-order valence-corrected chi connectivity index (χ4v) is 6.42. The molecule has 35 heavy (non-hydrogen) atoms. The number of rotatable bonds is 8. The maximum atomic E-state index is 13.2. The normalized spacial score (nSPS) is 18.3. The Morgan fingerprint density at radius 1 is 0.943 bits per heavy atom. The predicted octanol–water partition coefficient (Wildman–Crippen LogP) is 4.07. The number of benzene rings is 2. The van der Waals surface area contributed by atoms with Gasteiger partial charge in [0.05, 0.1) is 38.2 Å². The second-order valence-electron chi connectivity index (χ2n) is 9.51. The van der Waals surface area contributed by atoms with Crippen molar-refractivity contribution in [3.8, 4) is 0 Å². The summed E-state index contributed by atoms with van der Waals surface area (Å²) in [5, 5.41) is 3.65. The van der Waals surface area contributed by atoms with E-state index in [0.29, 0.717) is 0 Å². The van der Waals surface area contributed by atoms with E-state index in [2.05, 4.69) is 75.2 Å². The van der Waals surface area contributed by atoms with Crippen molar-refractivity contribution in [2.75, 3.05) is 50.8 Å². The zero-order valence-electron chi connectivity index (χ0n) is 20.7. The Morgan fingerprint density at radius 2 is 1.71 bits per heavy atom. The van der Waals surface area contributed by atoms with Crippen molar-refractivity contribution < 1.29 is 4.21 Å². The van der Waals surface area contributed by atoms with Gasteiger partial charge < -0.3 is 10.2 Å². The molecule has 1 aromatic heterocycles. The molecule has 184 valence electrons. The van der Waals surface area contributed by atoms with Crippen LogP contribution in [0.4, 0.5) is 11.4 Å². The van der Waals surface area contributed by atoms with Crippen LogP contribution in [0.15, 0.2) is 70.7 Å². The SMILES string of the molecule is Cc1ccc2c(c1C)N(CCCNCN1CCN(Cc3ccccc3)CC1)c1cnccc1S2=O. The minimum absolute atomic E-state index is 0.858. The van der Waals surface area contributed by atoms with Crippen molar-refractivity contribution in [1.82, 2.24) is 20.1 Å². The first kappa shape index (κ1) is 24.1. The molecule has 7 heteroatoms. The molecule has 0 saturated carbocycles. The van der Waals surface area contributed by atoms with Gasteiger partial charge in [0, 0.05) is 52.1 Å². The van der Waals surface area contributed by atoms with Gasteiger partial charge in [-0.2, -0.15) is 0 Å². The summed E-state index contributed by atoms with van der Waals surface area (Å²) in [5.74, 6) is 0. The van der Waals surface area contributed by atoms with E-state index in [-0.39, 0.29) is 0 Å². The first-order valence-corrected chi connectivity index (χ1v) is 13.7. The highest BCUT2D eigenvalue weighted by Crippen LogP contribution is 2.44. The Balaban J connectivity index is 1.13. The fraction of sp³-hybridized carbons (Fsp3) is 0.393. The third-order valence-electron chi connectivity index (χ3n) is 7.17. The first-order valence-electron chi connectivity index (χ1n) is 12.5. The van der Waals surface area contributed by atoms with E-state index in [1.165, 1.54) is 16.7 Å². The number of hydrogen-bond donors (Lipinski definition) is 1. The van der Waals surface area contributed by atoms with Gasteiger partial charge in [0.15, 0.2) is 0 Å². The summed E-state index contributed by atoms with van der Waals surface area (Å²) in [6.45, 7) is 12.5. The van der Waals surface area contributed by atoms with Crippen LogP contribution in [0.3, 0.4) is 0 Å².